The summed E-state index contributed by atoms with van der Waals surface area (Å²) in [6.07, 6.45) is 5.75. The molecule has 1 aliphatic rings. The minimum atomic E-state index is 0.792. The lowest BCUT2D eigenvalue weighted by Gasteiger charge is -1.80. The van der Waals surface area contributed by atoms with Crippen molar-refractivity contribution in [2.24, 2.45) is 5.16 Å². The van der Waals surface area contributed by atoms with E-state index in [1.165, 1.54) is 0 Å². The van der Waals surface area contributed by atoms with Gasteiger partial charge in [0.1, 0.15) is 0 Å². The van der Waals surface area contributed by atoms with Gasteiger partial charge in [-0.15, -0.1) is 0 Å². The molecule has 2 nitrogen and oxygen atoms in total. The van der Waals surface area contributed by atoms with E-state index in [4.69, 9.17) is 5.21 Å². The molecule has 1 rings (SSSR count). The lowest BCUT2D eigenvalue weighted by Crippen LogP contribution is -1.83. The number of nitrogens with zero attached hydrogens (tertiary/aromatic N) is 1. The van der Waals surface area contributed by atoms with Gasteiger partial charge >= 0.3 is 0 Å². The average Bonchev–Trinajstić information content (AvgIpc) is 2.14. The van der Waals surface area contributed by atoms with Crippen LogP contribution in [0.25, 0.3) is 0 Å². The Morgan fingerprint density at radius 1 is 1.71 bits per heavy atom. The topological polar surface area (TPSA) is 32.6 Å². The van der Waals surface area contributed by atoms with Gasteiger partial charge in [0.25, 0.3) is 0 Å². The van der Waals surface area contributed by atoms with E-state index in [1.54, 1.807) is 0 Å². The number of allylic oxidation sites excluding steroid dienone is 2. The molecular weight excluding hydrogens is 90.1 g/mol. The minimum absolute atomic E-state index is 0.792. The Hall–Kier alpha value is -0.790. The van der Waals surface area contributed by atoms with Crippen molar-refractivity contribution in [1.82, 2.24) is 0 Å². The fraction of sp³-hybridized carbons (Fsp3) is 0.400. The van der Waals surface area contributed by atoms with Crippen LogP contribution >= 0.6 is 0 Å². The van der Waals surface area contributed by atoms with E-state index in [0.717, 1.165) is 18.6 Å². The van der Waals surface area contributed by atoms with Gasteiger partial charge in [0, 0.05) is 0 Å². The van der Waals surface area contributed by atoms with Crippen molar-refractivity contribution in [2.75, 3.05) is 0 Å². The van der Waals surface area contributed by atoms with Crippen LogP contribution in [0.3, 0.4) is 0 Å². The van der Waals surface area contributed by atoms with Crippen molar-refractivity contribution in [1.29, 1.82) is 0 Å². The number of hydrogen-bond donors (Lipinski definition) is 1. The number of hydrogen-bond acceptors (Lipinski definition) is 2. The van der Waals surface area contributed by atoms with Crippen molar-refractivity contribution in [3.8, 4) is 0 Å². The second-order valence-electron chi connectivity index (χ2n) is 1.53. The Balaban J connectivity index is 2.59. The van der Waals surface area contributed by atoms with Gasteiger partial charge < -0.3 is 5.21 Å². The second-order valence-corrected chi connectivity index (χ2v) is 1.53. The maximum Gasteiger partial charge on any atom is 0.0795 e. The largest absolute Gasteiger partial charge is 0.411 e. The van der Waals surface area contributed by atoms with Crippen LogP contribution in [0.2, 0.25) is 0 Å². The van der Waals surface area contributed by atoms with Crippen LogP contribution in [0.4, 0.5) is 0 Å². The standard InChI is InChI=1S/C5H7NO/c7-6-5-3-1-2-4-5/h1,3,7H,2,4H2/b6-5-. The molecule has 2 heteroatoms. The fourth-order valence-electron chi connectivity index (χ4n) is 0.617. The molecule has 0 aromatic carbocycles. The van der Waals surface area contributed by atoms with Crippen molar-refractivity contribution in [2.45, 2.75) is 12.8 Å². The molecule has 0 aromatic rings. The van der Waals surface area contributed by atoms with Gasteiger partial charge in [-0.3, -0.25) is 0 Å². The van der Waals surface area contributed by atoms with Crippen molar-refractivity contribution >= 4 is 5.71 Å². The van der Waals surface area contributed by atoms with Gasteiger partial charge in [-0.05, 0) is 18.9 Å². The van der Waals surface area contributed by atoms with E-state index in [2.05, 4.69) is 5.16 Å². The summed E-state index contributed by atoms with van der Waals surface area (Å²) >= 11 is 0. The fourth-order valence-corrected chi connectivity index (χ4v) is 0.617. The minimum Gasteiger partial charge on any atom is -0.411 e. The molecule has 0 atom stereocenters. The highest BCUT2D eigenvalue weighted by molar-refractivity contribution is 5.96. The Labute approximate surface area is 42.1 Å². The molecule has 1 aliphatic carbocycles. The highest BCUT2D eigenvalue weighted by Gasteiger charge is 1.98. The maximum atomic E-state index is 8.10. The maximum absolute atomic E-state index is 8.10. The van der Waals surface area contributed by atoms with Crippen LogP contribution < -0.4 is 0 Å². The van der Waals surface area contributed by atoms with Gasteiger partial charge in [0.15, 0.2) is 0 Å². The Morgan fingerprint density at radius 2 is 2.57 bits per heavy atom. The van der Waals surface area contributed by atoms with Crippen LogP contribution in [-0.2, 0) is 0 Å². The molecular formula is C5H7NO. The molecule has 0 saturated heterocycles. The van der Waals surface area contributed by atoms with Crippen molar-refractivity contribution < 1.29 is 5.21 Å². The summed E-state index contributed by atoms with van der Waals surface area (Å²) in [6.45, 7) is 0. The number of oxime groups is 1. The van der Waals surface area contributed by atoms with Crippen molar-refractivity contribution in [3.63, 3.8) is 0 Å². The van der Waals surface area contributed by atoms with Crippen LogP contribution in [-0.4, -0.2) is 10.9 Å². The third-order valence-corrected chi connectivity index (χ3v) is 1.01. The van der Waals surface area contributed by atoms with E-state index in [0.29, 0.717) is 0 Å². The summed E-state index contributed by atoms with van der Waals surface area (Å²) in [7, 11) is 0. The second kappa shape index (κ2) is 1.78. The molecule has 0 amide bonds. The molecule has 7 heavy (non-hydrogen) atoms. The van der Waals surface area contributed by atoms with Gasteiger partial charge in [-0.2, -0.15) is 0 Å². The molecule has 1 N–H and O–H groups in total. The first-order valence-electron chi connectivity index (χ1n) is 2.31. The third kappa shape index (κ3) is 0.796. The first-order valence-corrected chi connectivity index (χ1v) is 2.31. The summed E-state index contributed by atoms with van der Waals surface area (Å²) in [5.74, 6) is 0. The van der Waals surface area contributed by atoms with E-state index in [9.17, 15) is 0 Å². The third-order valence-electron chi connectivity index (χ3n) is 1.01. The summed E-state index contributed by atoms with van der Waals surface area (Å²) in [5, 5.41) is 11.1. The molecule has 0 unspecified atom stereocenters. The molecule has 0 aliphatic heterocycles. The molecule has 0 spiro atoms. The lowest BCUT2D eigenvalue weighted by molar-refractivity contribution is 0.318. The summed E-state index contributed by atoms with van der Waals surface area (Å²) < 4.78 is 0. The Bertz CT molecular complexity index is 112. The predicted molar refractivity (Wildman–Crippen MR) is 27.6 cm³/mol. The number of rotatable bonds is 0. The summed E-state index contributed by atoms with van der Waals surface area (Å²) in [4.78, 5) is 0. The average molecular weight is 97.1 g/mol. The smallest absolute Gasteiger partial charge is 0.0795 e. The van der Waals surface area contributed by atoms with Crippen molar-refractivity contribution in [3.05, 3.63) is 12.2 Å². The van der Waals surface area contributed by atoms with E-state index in [-0.39, 0.29) is 0 Å². The quantitative estimate of drug-likeness (QED) is 0.357. The Kier molecular flexibility index (Phi) is 1.11. The lowest BCUT2D eigenvalue weighted by atomic mass is 10.3. The molecule has 0 fully saturated rings. The van der Waals surface area contributed by atoms with Gasteiger partial charge in [-0.1, -0.05) is 11.2 Å². The Morgan fingerprint density at radius 3 is 2.86 bits per heavy atom. The first kappa shape index (κ1) is 4.37. The highest BCUT2D eigenvalue weighted by Crippen LogP contribution is 2.03. The highest BCUT2D eigenvalue weighted by atomic mass is 16.4. The molecule has 0 bridgehead atoms. The van der Waals surface area contributed by atoms with Crippen LogP contribution in [0.1, 0.15) is 12.8 Å². The van der Waals surface area contributed by atoms with Gasteiger partial charge in [0.2, 0.25) is 0 Å². The van der Waals surface area contributed by atoms with Crippen LogP contribution in [0.15, 0.2) is 17.3 Å². The first-order chi connectivity index (χ1) is 3.43. The SMILES string of the molecule is O/N=C1/C=CCC1. The molecule has 0 aromatic heterocycles. The molecule has 0 radical (unpaired) electrons. The normalized spacial score (nSPS) is 24.3. The predicted octanol–water partition coefficient (Wildman–Crippen LogP) is 1.17. The zero-order valence-electron chi connectivity index (χ0n) is 3.96. The monoisotopic (exact) mass is 97.1 g/mol. The zero-order valence-corrected chi connectivity index (χ0v) is 3.96. The molecule has 0 heterocycles. The van der Waals surface area contributed by atoms with Crippen LogP contribution in [0, 0.1) is 0 Å². The van der Waals surface area contributed by atoms with E-state index >= 15 is 0 Å². The summed E-state index contributed by atoms with van der Waals surface area (Å²) in [5.41, 5.74) is 0.792. The molecule has 38 valence electrons. The summed E-state index contributed by atoms with van der Waals surface area (Å²) in [6, 6.07) is 0. The zero-order chi connectivity index (χ0) is 5.11. The van der Waals surface area contributed by atoms with E-state index in [1.807, 2.05) is 12.2 Å². The van der Waals surface area contributed by atoms with Gasteiger partial charge in [0.05, 0.1) is 5.71 Å². The molecule has 0 saturated carbocycles. The van der Waals surface area contributed by atoms with E-state index < -0.39 is 0 Å². The van der Waals surface area contributed by atoms with Crippen LogP contribution in [0.5, 0.6) is 0 Å². The van der Waals surface area contributed by atoms with Gasteiger partial charge in [-0.25, -0.2) is 0 Å².